The summed E-state index contributed by atoms with van der Waals surface area (Å²) in [6, 6.07) is -0.000983. The van der Waals surface area contributed by atoms with Gasteiger partial charge < -0.3 is 15.5 Å². The maximum absolute atomic E-state index is 12.2. The van der Waals surface area contributed by atoms with E-state index in [-0.39, 0.29) is 17.9 Å². The van der Waals surface area contributed by atoms with E-state index in [9.17, 15) is 9.59 Å². The molecule has 0 aromatic rings. The topological polar surface area (TPSA) is 64.7 Å². The summed E-state index contributed by atoms with van der Waals surface area (Å²) in [7, 11) is 0. The van der Waals surface area contributed by atoms with Crippen molar-refractivity contribution < 1.29 is 9.59 Å². The van der Waals surface area contributed by atoms with E-state index in [2.05, 4.69) is 15.5 Å². The first-order valence-corrected chi connectivity index (χ1v) is 9.15. The summed E-state index contributed by atoms with van der Waals surface area (Å²) in [6.45, 7) is 9.67. The lowest BCUT2D eigenvalue weighted by molar-refractivity contribution is -0.132. The van der Waals surface area contributed by atoms with Crippen molar-refractivity contribution in [2.45, 2.75) is 45.6 Å². The summed E-state index contributed by atoms with van der Waals surface area (Å²) in [4.78, 5) is 28.4. The van der Waals surface area contributed by atoms with E-state index in [1.165, 1.54) is 0 Å². The minimum Gasteiger partial charge on any atom is -0.354 e. The summed E-state index contributed by atoms with van der Waals surface area (Å²) in [5.74, 6) is 0.812. The maximum atomic E-state index is 12.2. The molecule has 2 saturated heterocycles. The summed E-state index contributed by atoms with van der Waals surface area (Å²) in [6.07, 6.45) is 4.27. The lowest BCUT2D eigenvalue weighted by Gasteiger charge is -2.33. The monoisotopic (exact) mass is 324 g/mol. The highest BCUT2D eigenvalue weighted by Crippen LogP contribution is 2.16. The van der Waals surface area contributed by atoms with Gasteiger partial charge in [0.2, 0.25) is 11.8 Å². The molecule has 2 amide bonds. The molecule has 0 spiro atoms. The average molecular weight is 324 g/mol. The van der Waals surface area contributed by atoms with E-state index in [1.54, 1.807) is 0 Å². The van der Waals surface area contributed by atoms with Gasteiger partial charge in [-0.3, -0.25) is 14.5 Å². The Morgan fingerprint density at radius 3 is 2.65 bits per heavy atom. The van der Waals surface area contributed by atoms with Gasteiger partial charge in [0.25, 0.3) is 0 Å². The van der Waals surface area contributed by atoms with Crippen molar-refractivity contribution in [3.05, 3.63) is 0 Å². The second-order valence-corrected chi connectivity index (χ2v) is 6.70. The molecular formula is C17H32N4O2. The van der Waals surface area contributed by atoms with Crippen LogP contribution >= 0.6 is 0 Å². The quantitative estimate of drug-likeness (QED) is 0.713. The SMILES string of the molecule is CCN(CC)C(=O)CN1CCCC(CNC(=O)C2CCCN2)C1. The molecule has 0 saturated carbocycles. The minimum absolute atomic E-state index is 0.000983. The average Bonchev–Trinajstić information content (AvgIpc) is 3.08. The zero-order valence-corrected chi connectivity index (χ0v) is 14.6. The molecule has 0 radical (unpaired) electrons. The van der Waals surface area contributed by atoms with Crippen LogP contribution in [-0.4, -0.2) is 73.5 Å². The van der Waals surface area contributed by atoms with Crippen LogP contribution in [0.5, 0.6) is 0 Å². The van der Waals surface area contributed by atoms with Crippen molar-refractivity contribution in [1.82, 2.24) is 20.4 Å². The molecule has 2 rings (SSSR count). The molecule has 2 unspecified atom stereocenters. The second kappa shape index (κ2) is 9.23. The number of likely N-dealkylation sites (tertiary alicyclic amines) is 1. The number of nitrogens with one attached hydrogen (secondary N) is 2. The molecule has 6 nitrogen and oxygen atoms in total. The Bertz CT molecular complexity index is 392. The molecule has 0 aromatic carbocycles. The van der Waals surface area contributed by atoms with Gasteiger partial charge in [-0.1, -0.05) is 0 Å². The Labute approximate surface area is 140 Å². The van der Waals surface area contributed by atoms with Gasteiger partial charge >= 0.3 is 0 Å². The summed E-state index contributed by atoms with van der Waals surface area (Å²) >= 11 is 0. The first kappa shape index (κ1) is 18.2. The standard InChI is InChI=1S/C17H32N4O2/c1-3-21(4-2)16(22)13-20-10-6-7-14(12-20)11-19-17(23)15-8-5-9-18-15/h14-15,18H,3-13H2,1-2H3,(H,19,23). The summed E-state index contributed by atoms with van der Waals surface area (Å²) in [5, 5.41) is 6.32. The zero-order chi connectivity index (χ0) is 16.7. The van der Waals surface area contributed by atoms with Crippen LogP contribution in [0.3, 0.4) is 0 Å². The number of hydrogen-bond donors (Lipinski definition) is 2. The van der Waals surface area contributed by atoms with Crippen LogP contribution in [0.4, 0.5) is 0 Å². The fourth-order valence-electron chi connectivity index (χ4n) is 3.61. The number of carbonyl (C=O) groups is 2. The molecule has 2 fully saturated rings. The predicted octanol–water partition coefficient (Wildman–Crippen LogP) is 0.435. The van der Waals surface area contributed by atoms with Crippen molar-refractivity contribution in [1.29, 1.82) is 0 Å². The zero-order valence-electron chi connectivity index (χ0n) is 14.6. The van der Waals surface area contributed by atoms with Crippen molar-refractivity contribution >= 4 is 11.8 Å². The molecule has 2 aliphatic heterocycles. The van der Waals surface area contributed by atoms with E-state index >= 15 is 0 Å². The Hall–Kier alpha value is -1.14. The Morgan fingerprint density at radius 2 is 2.00 bits per heavy atom. The van der Waals surface area contributed by atoms with E-state index in [0.717, 1.165) is 65.0 Å². The number of piperidine rings is 1. The number of nitrogens with zero attached hydrogens (tertiary/aromatic N) is 2. The molecule has 2 heterocycles. The van der Waals surface area contributed by atoms with Gasteiger partial charge in [0, 0.05) is 26.2 Å². The number of carbonyl (C=O) groups excluding carboxylic acids is 2. The Morgan fingerprint density at radius 1 is 1.22 bits per heavy atom. The van der Waals surface area contributed by atoms with Crippen molar-refractivity contribution in [3.8, 4) is 0 Å². The van der Waals surface area contributed by atoms with E-state index in [0.29, 0.717) is 12.5 Å². The van der Waals surface area contributed by atoms with Gasteiger partial charge in [-0.2, -0.15) is 0 Å². The molecule has 2 atom stereocenters. The van der Waals surface area contributed by atoms with Crippen LogP contribution in [0.25, 0.3) is 0 Å². The van der Waals surface area contributed by atoms with Crippen LogP contribution < -0.4 is 10.6 Å². The lowest BCUT2D eigenvalue weighted by atomic mass is 9.97. The normalized spacial score (nSPS) is 25.3. The van der Waals surface area contributed by atoms with Gasteiger partial charge in [-0.25, -0.2) is 0 Å². The van der Waals surface area contributed by atoms with Gasteiger partial charge in [-0.05, 0) is 58.5 Å². The van der Waals surface area contributed by atoms with Crippen LogP contribution in [0.15, 0.2) is 0 Å². The molecule has 2 N–H and O–H groups in total. The van der Waals surface area contributed by atoms with Gasteiger partial charge in [0.15, 0.2) is 0 Å². The number of rotatable bonds is 7. The van der Waals surface area contributed by atoms with Crippen LogP contribution in [0.2, 0.25) is 0 Å². The molecule has 23 heavy (non-hydrogen) atoms. The largest absolute Gasteiger partial charge is 0.354 e. The molecule has 6 heteroatoms. The fraction of sp³-hybridized carbons (Fsp3) is 0.882. The summed E-state index contributed by atoms with van der Waals surface area (Å²) in [5.41, 5.74) is 0. The van der Waals surface area contributed by atoms with E-state index in [1.807, 2.05) is 18.7 Å². The smallest absolute Gasteiger partial charge is 0.237 e. The molecule has 132 valence electrons. The first-order valence-electron chi connectivity index (χ1n) is 9.15. The second-order valence-electron chi connectivity index (χ2n) is 6.70. The third-order valence-electron chi connectivity index (χ3n) is 5.02. The Kier molecular flexibility index (Phi) is 7.30. The van der Waals surface area contributed by atoms with E-state index < -0.39 is 0 Å². The highest BCUT2D eigenvalue weighted by atomic mass is 16.2. The van der Waals surface area contributed by atoms with Crippen LogP contribution in [0.1, 0.15) is 39.5 Å². The minimum atomic E-state index is -0.000983. The number of amides is 2. The van der Waals surface area contributed by atoms with Gasteiger partial charge in [0.1, 0.15) is 0 Å². The first-order chi connectivity index (χ1) is 11.1. The number of hydrogen-bond acceptors (Lipinski definition) is 4. The molecular weight excluding hydrogens is 292 g/mol. The molecule has 0 aromatic heterocycles. The molecule has 0 bridgehead atoms. The Balaban J connectivity index is 1.72. The number of likely N-dealkylation sites (N-methyl/N-ethyl adjacent to an activating group) is 1. The predicted molar refractivity (Wildman–Crippen MR) is 91.1 cm³/mol. The van der Waals surface area contributed by atoms with Gasteiger partial charge in [0.05, 0.1) is 12.6 Å². The molecule has 0 aliphatic carbocycles. The van der Waals surface area contributed by atoms with Crippen molar-refractivity contribution in [3.63, 3.8) is 0 Å². The third-order valence-corrected chi connectivity index (χ3v) is 5.02. The third kappa shape index (κ3) is 5.46. The van der Waals surface area contributed by atoms with Crippen molar-refractivity contribution in [2.75, 3.05) is 45.8 Å². The lowest BCUT2D eigenvalue weighted by Crippen LogP contribution is -2.47. The highest BCUT2D eigenvalue weighted by molar-refractivity contribution is 5.82. The summed E-state index contributed by atoms with van der Waals surface area (Å²) < 4.78 is 0. The highest BCUT2D eigenvalue weighted by Gasteiger charge is 2.25. The van der Waals surface area contributed by atoms with Crippen LogP contribution in [0, 0.1) is 5.92 Å². The van der Waals surface area contributed by atoms with Crippen molar-refractivity contribution in [2.24, 2.45) is 5.92 Å². The van der Waals surface area contributed by atoms with E-state index in [4.69, 9.17) is 0 Å². The molecule has 2 aliphatic rings. The fourth-order valence-corrected chi connectivity index (χ4v) is 3.61. The maximum Gasteiger partial charge on any atom is 0.237 e. The van der Waals surface area contributed by atoms with Crippen LogP contribution in [-0.2, 0) is 9.59 Å². The van der Waals surface area contributed by atoms with Gasteiger partial charge in [-0.15, -0.1) is 0 Å².